The molecule has 0 fully saturated rings. The molecule has 8 nitrogen and oxygen atoms in total. The summed E-state index contributed by atoms with van der Waals surface area (Å²) in [4.78, 5) is 29.2. The van der Waals surface area contributed by atoms with Gasteiger partial charge in [-0.1, -0.05) is 6.07 Å². The van der Waals surface area contributed by atoms with Crippen LogP contribution >= 0.6 is 0 Å². The highest BCUT2D eigenvalue weighted by Crippen LogP contribution is 2.24. The van der Waals surface area contributed by atoms with E-state index in [-0.39, 0.29) is 6.42 Å². The maximum absolute atomic E-state index is 11.6. The number of carboxylic acids is 1. The zero-order valence-electron chi connectivity index (χ0n) is 18.4. The molecule has 1 aliphatic rings. The summed E-state index contributed by atoms with van der Waals surface area (Å²) in [6, 6.07) is 7.73. The maximum atomic E-state index is 11.6. The number of rotatable bonds is 8. The predicted molar refractivity (Wildman–Crippen MR) is 123 cm³/mol. The average Bonchev–Trinajstić information content (AvgIpc) is 3.30. The van der Waals surface area contributed by atoms with Gasteiger partial charge in [0.15, 0.2) is 5.65 Å². The Morgan fingerprint density at radius 2 is 1.88 bits per heavy atom. The molecule has 1 unspecified atom stereocenters. The Hall–Kier alpha value is -3.68. The first-order valence-corrected chi connectivity index (χ1v) is 11.5. The Bertz CT molecular complexity index is 1280. The van der Waals surface area contributed by atoms with Crippen molar-refractivity contribution < 1.29 is 9.90 Å². The summed E-state index contributed by atoms with van der Waals surface area (Å²) in [5, 5.41) is 14.2. The van der Waals surface area contributed by atoms with Crippen LogP contribution in [0.4, 0.5) is 0 Å². The number of hydrogen-bond acceptors (Lipinski definition) is 6. The van der Waals surface area contributed by atoms with Crippen molar-refractivity contribution in [1.29, 1.82) is 0 Å². The number of aryl methyl sites for hydroxylation is 4. The largest absolute Gasteiger partial charge is 0.481 e. The number of aliphatic carboxylic acids is 1. The molecule has 1 N–H and O–H groups in total. The van der Waals surface area contributed by atoms with Gasteiger partial charge in [0.05, 0.1) is 18.2 Å². The van der Waals surface area contributed by atoms with Gasteiger partial charge in [-0.3, -0.25) is 19.4 Å². The Labute approximate surface area is 191 Å². The first-order chi connectivity index (χ1) is 16.2. The van der Waals surface area contributed by atoms with Crippen molar-refractivity contribution in [3.63, 3.8) is 0 Å². The van der Waals surface area contributed by atoms with Crippen molar-refractivity contribution in [1.82, 2.24) is 29.7 Å². The van der Waals surface area contributed by atoms with E-state index in [1.807, 2.05) is 18.3 Å². The molecule has 0 aromatic carbocycles. The molecule has 0 aliphatic heterocycles. The highest BCUT2D eigenvalue weighted by atomic mass is 16.4. The first kappa shape index (κ1) is 21.2. The van der Waals surface area contributed by atoms with E-state index in [1.54, 1.807) is 23.3 Å². The molecule has 33 heavy (non-hydrogen) atoms. The van der Waals surface area contributed by atoms with E-state index in [1.165, 1.54) is 24.1 Å². The fraction of sp³-hybridized carbons (Fsp3) is 0.360. The second-order valence-corrected chi connectivity index (χ2v) is 8.54. The van der Waals surface area contributed by atoms with Gasteiger partial charge in [-0.15, -0.1) is 0 Å². The molecule has 4 aromatic rings. The van der Waals surface area contributed by atoms with Gasteiger partial charge >= 0.3 is 5.97 Å². The minimum absolute atomic E-state index is 0.0897. The average molecular weight is 443 g/mol. The number of hydrogen-bond donors (Lipinski definition) is 1. The van der Waals surface area contributed by atoms with Crippen molar-refractivity contribution in [2.75, 3.05) is 0 Å². The summed E-state index contributed by atoms with van der Waals surface area (Å²) in [6.45, 7) is 0. The molecule has 1 atom stereocenters. The van der Waals surface area contributed by atoms with Gasteiger partial charge in [-0.05, 0) is 74.3 Å². The predicted octanol–water partition coefficient (Wildman–Crippen LogP) is 3.73. The first-order valence-electron chi connectivity index (χ1n) is 11.5. The minimum Gasteiger partial charge on any atom is -0.481 e. The SMILES string of the molecule is O=C(O)CC(c1cnc2nccnc2c1)n1ccc(CCCc2ccc3c(n2)CCCC3)n1. The summed E-state index contributed by atoms with van der Waals surface area (Å²) < 4.78 is 1.72. The molecule has 8 heteroatoms. The zero-order chi connectivity index (χ0) is 22.6. The van der Waals surface area contributed by atoms with E-state index in [0.29, 0.717) is 11.2 Å². The monoisotopic (exact) mass is 442 g/mol. The Morgan fingerprint density at radius 1 is 1.03 bits per heavy atom. The van der Waals surface area contributed by atoms with Crippen molar-refractivity contribution in [2.24, 2.45) is 0 Å². The molecule has 0 saturated carbocycles. The van der Waals surface area contributed by atoms with Crippen LogP contribution in [0.15, 0.2) is 49.1 Å². The van der Waals surface area contributed by atoms with Crippen LogP contribution < -0.4 is 0 Å². The van der Waals surface area contributed by atoms with E-state index in [2.05, 4.69) is 27.1 Å². The van der Waals surface area contributed by atoms with Crippen molar-refractivity contribution in [3.05, 3.63) is 77.3 Å². The molecule has 0 amide bonds. The summed E-state index contributed by atoms with van der Waals surface area (Å²) >= 11 is 0. The number of aromatic nitrogens is 6. The topological polar surface area (TPSA) is 107 Å². The second-order valence-electron chi connectivity index (χ2n) is 8.54. The van der Waals surface area contributed by atoms with Gasteiger partial charge in [0.25, 0.3) is 0 Å². The van der Waals surface area contributed by atoms with Crippen LogP contribution in [0.2, 0.25) is 0 Å². The molecule has 0 bridgehead atoms. The minimum atomic E-state index is -0.894. The van der Waals surface area contributed by atoms with E-state index < -0.39 is 12.0 Å². The Kier molecular flexibility index (Phi) is 6.06. The summed E-state index contributed by atoms with van der Waals surface area (Å²) in [5.74, 6) is -0.894. The van der Waals surface area contributed by atoms with Crippen molar-refractivity contribution in [3.8, 4) is 0 Å². The van der Waals surface area contributed by atoms with Gasteiger partial charge in [0.1, 0.15) is 5.52 Å². The Morgan fingerprint density at radius 3 is 2.79 bits per heavy atom. The highest BCUT2D eigenvalue weighted by molar-refractivity contribution is 5.71. The van der Waals surface area contributed by atoms with Gasteiger partial charge in [0.2, 0.25) is 0 Å². The second kappa shape index (κ2) is 9.44. The number of nitrogens with zero attached hydrogens (tertiary/aromatic N) is 6. The van der Waals surface area contributed by atoms with Crippen LogP contribution in [0.25, 0.3) is 11.2 Å². The van der Waals surface area contributed by atoms with Gasteiger partial charge in [0, 0.05) is 36.2 Å². The summed E-state index contributed by atoms with van der Waals surface area (Å²) in [7, 11) is 0. The van der Waals surface area contributed by atoms with Crippen molar-refractivity contribution in [2.45, 2.75) is 57.4 Å². The van der Waals surface area contributed by atoms with Crippen LogP contribution in [-0.4, -0.2) is 40.8 Å². The lowest BCUT2D eigenvalue weighted by atomic mass is 9.95. The lowest BCUT2D eigenvalue weighted by Gasteiger charge is -2.16. The number of pyridine rings is 2. The number of carboxylic acid groups (broad SMARTS) is 1. The third kappa shape index (κ3) is 4.89. The molecule has 0 radical (unpaired) electrons. The van der Waals surface area contributed by atoms with E-state index in [0.717, 1.165) is 49.1 Å². The lowest BCUT2D eigenvalue weighted by molar-refractivity contribution is -0.137. The fourth-order valence-corrected chi connectivity index (χ4v) is 4.49. The van der Waals surface area contributed by atoms with Crippen LogP contribution in [0.3, 0.4) is 0 Å². The van der Waals surface area contributed by atoms with E-state index in [4.69, 9.17) is 10.1 Å². The van der Waals surface area contributed by atoms with E-state index in [9.17, 15) is 9.90 Å². The molecule has 0 spiro atoms. The quantitative estimate of drug-likeness (QED) is 0.443. The molecule has 168 valence electrons. The fourth-order valence-electron chi connectivity index (χ4n) is 4.49. The zero-order valence-corrected chi connectivity index (χ0v) is 18.4. The smallest absolute Gasteiger partial charge is 0.305 e. The normalized spacial score (nSPS) is 14.2. The lowest BCUT2D eigenvalue weighted by Crippen LogP contribution is -2.16. The van der Waals surface area contributed by atoms with Crippen LogP contribution in [-0.2, 0) is 30.5 Å². The van der Waals surface area contributed by atoms with Gasteiger partial charge < -0.3 is 5.11 Å². The summed E-state index contributed by atoms with van der Waals surface area (Å²) in [6.07, 6.45) is 14.0. The van der Waals surface area contributed by atoms with Gasteiger partial charge in [-0.2, -0.15) is 5.10 Å². The Balaban J connectivity index is 1.28. The molecule has 4 heterocycles. The third-order valence-electron chi connectivity index (χ3n) is 6.18. The number of carbonyl (C=O) groups is 1. The highest BCUT2D eigenvalue weighted by Gasteiger charge is 2.20. The standard InChI is InChI=1S/C25H26N6O2/c32-24(33)15-23(18-14-22-25(28-16-18)27-12-11-26-22)31-13-10-20(30-31)6-3-5-19-9-8-17-4-1-2-7-21(17)29-19/h8-14,16,23H,1-7,15H2,(H,32,33). The molecule has 4 aromatic heterocycles. The van der Waals surface area contributed by atoms with Crippen LogP contribution in [0, 0.1) is 0 Å². The van der Waals surface area contributed by atoms with E-state index >= 15 is 0 Å². The number of fused-ring (bicyclic) bond motifs is 2. The third-order valence-corrected chi connectivity index (χ3v) is 6.18. The maximum Gasteiger partial charge on any atom is 0.305 e. The molecular formula is C25H26N6O2. The molecular weight excluding hydrogens is 416 g/mol. The molecule has 0 saturated heterocycles. The molecule has 1 aliphatic carbocycles. The van der Waals surface area contributed by atoms with Crippen LogP contribution in [0.1, 0.15) is 59.9 Å². The van der Waals surface area contributed by atoms with Crippen LogP contribution in [0.5, 0.6) is 0 Å². The molecule has 5 rings (SSSR count). The van der Waals surface area contributed by atoms with Gasteiger partial charge in [-0.25, -0.2) is 9.97 Å². The van der Waals surface area contributed by atoms with Crippen molar-refractivity contribution >= 4 is 17.1 Å². The summed E-state index contributed by atoms with van der Waals surface area (Å²) in [5.41, 5.74) is 6.68.